The van der Waals surface area contributed by atoms with Crippen LogP contribution in [0.1, 0.15) is 46.5 Å². The van der Waals surface area contributed by atoms with Gasteiger partial charge < -0.3 is 5.32 Å². The second-order valence-corrected chi connectivity index (χ2v) is 6.17. The highest BCUT2D eigenvalue weighted by molar-refractivity contribution is 4.97. The molecule has 2 heteroatoms. The summed E-state index contributed by atoms with van der Waals surface area (Å²) >= 11 is 0. The molecule has 2 fully saturated rings. The average molecular weight is 224 g/mol. The molecule has 0 aromatic rings. The number of piperazine rings is 1. The molecule has 1 saturated heterocycles. The Bertz CT molecular complexity index is 211. The molecule has 0 bridgehead atoms. The SMILES string of the molecule is CCC1(N2CCNCC2)CC(C)CC(C)C1. The van der Waals surface area contributed by atoms with Gasteiger partial charge in [-0.25, -0.2) is 0 Å². The van der Waals surface area contributed by atoms with Gasteiger partial charge in [-0.1, -0.05) is 20.8 Å². The summed E-state index contributed by atoms with van der Waals surface area (Å²) in [5.74, 6) is 1.83. The van der Waals surface area contributed by atoms with Crippen LogP contribution in [0.15, 0.2) is 0 Å². The summed E-state index contributed by atoms with van der Waals surface area (Å²) in [7, 11) is 0. The predicted octanol–water partition coefficient (Wildman–Crippen LogP) is 2.50. The Morgan fingerprint density at radius 1 is 1.12 bits per heavy atom. The minimum Gasteiger partial charge on any atom is -0.314 e. The fourth-order valence-electron chi connectivity index (χ4n) is 4.14. The lowest BCUT2D eigenvalue weighted by molar-refractivity contribution is 0.00202. The molecule has 2 atom stereocenters. The van der Waals surface area contributed by atoms with Gasteiger partial charge in [-0.3, -0.25) is 4.90 Å². The molecule has 0 aromatic heterocycles. The molecule has 0 aromatic carbocycles. The van der Waals surface area contributed by atoms with Crippen LogP contribution in [0, 0.1) is 11.8 Å². The van der Waals surface area contributed by atoms with E-state index in [2.05, 4.69) is 31.0 Å². The van der Waals surface area contributed by atoms with Crippen LogP contribution in [0.2, 0.25) is 0 Å². The maximum absolute atomic E-state index is 3.48. The molecule has 2 rings (SSSR count). The Balaban J connectivity index is 2.09. The summed E-state index contributed by atoms with van der Waals surface area (Å²) in [6.45, 7) is 12.2. The predicted molar refractivity (Wildman–Crippen MR) is 69.6 cm³/mol. The first kappa shape index (κ1) is 12.4. The van der Waals surface area contributed by atoms with Gasteiger partial charge in [-0.05, 0) is 37.5 Å². The second kappa shape index (κ2) is 5.05. The summed E-state index contributed by atoms with van der Waals surface area (Å²) in [4.78, 5) is 2.79. The van der Waals surface area contributed by atoms with E-state index >= 15 is 0 Å². The molecule has 1 N–H and O–H groups in total. The highest BCUT2D eigenvalue weighted by Crippen LogP contribution is 2.41. The zero-order valence-corrected chi connectivity index (χ0v) is 11.3. The van der Waals surface area contributed by atoms with Crippen molar-refractivity contribution in [3.8, 4) is 0 Å². The van der Waals surface area contributed by atoms with Crippen LogP contribution in [-0.4, -0.2) is 36.6 Å². The van der Waals surface area contributed by atoms with Gasteiger partial charge in [0, 0.05) is 31.7 Å². The summed E-state index contributed by atoms with van der Waals surface area (Å²) in [6, 6.07) is 0. The fraction of sp³-hybridized carbons (Fsp3) is 1.00. The number of nitrogens with one attached hydrogen (secondary N) is 1. The van der Waals surface area contributed by atoms with E-state index in [-0.39, 0.29) is 0 Å². The van der Waals surface area contributed by atoms with E-state index < -0.39 is 0 Å². The van der Waals surface area contributed by atoms with Crippen molar-refractivity contribution in [2.24, 2.45) is 11.8 Å². The molecular formula is C14H28N2. The van der Waals surface area contributed by atoms with Gasteiger partial charge in [0.25, 0.3) is 0 Å². The minimum absolute atomic E-state index is 0.527. The normalized spacial score (nSPS) is 42.2. The minimum atomic E-state index is 0.527. The smallest absolute Gasteiger partial charge is 0.0213 e. The lowest BCUT2D eigenvalue weighted by Gasteiger charge is -2.51. The van der Waals surface area contributed by atoms with Gasteiger partial charge >= 0.3 is 0 Å². The van der Waals surface area contributed by atoms with Crippen molar-refractivity contribution in [3.63, 3.8) is 0 Å². The van der Waals surface area contributed by atoms with Gasteiger partial charge in [0.05, 0.1) is 0 Å². The topological polar surface area (TPSA) is 15.3 Å². The molecule has 16 heavy (non-hydrogen) atoms. The molecule has 1 heterocycles. The van der Waals surface area contributed by atoms with Gasteiger partial charge in [0.15, 0.2) is 0 Å². The average Bonchev–Trinajstić information content (AvgIpc) is 2.29. The van der Waals surface area contributed by atoms with Gasteiger partial charge in [0.1, 0.15) is 0 Å². The summed E-state index contributed by atoms with van der Waals surface area (Å²) < 4.78 is 0. The quantitative estimate of drug-likeness (QED) is 0.775. The Morgan fingerprint density at radius 2 is 1.69 bits per heavy atom. The Labute approximate surface area is 101 Å². The Kier molecular flexibility index (Phi) is 3.91. The Hall–Kier alpha value is -0.0800. The first-order chi connectivity index (χ1) is 7.66. The maximum atomic E-state index is 3.48. The molecule has 2 nitrogen and oxygen atoms in total. The fourth-order valence-corrected chi connectivity index (χ4v) is 4.14. The maximum Gasteiger partial charge on any atom is 0.0213 e. The molecule has 1 saturated carbocycles. The number of hydrogen-bond donors (Lipinski definition) is 1. The largest absolute Gasteiger partial charge is 0.314 e. The number of nitrogens with zero attached hydrogens (tertiary/aromatic N) is 1. The van der Waals surface area contributed by atoms with Crippen LogP contribution in [0.5, 0.6) is 0 Å². The van der Waals surface area contributed by atoms with Crippen molar-refractivity contribution in [2.75, 3.05) is 26.2 Å². The van der Waals surface area contributed by atoms with E-state index in [0.29, 0.717) is 5.54 Å². The standard InChI is InChI=1S/C14H28N2/c1-4-14(16-7-5-15-6-8-16)10-12(2)9-13(3)11-14/h12-13,15H,4-11H2,1-3H3. The summed E-state index contributed by atoms with van der Waals surface area (Å²) in [5, 5.41) is 3.48. The van der Waals surface area contributed by atoms with Crippen LogP contribution in [-0.2, 0) is 0 Å². The zero-order chi connectivity index (χ0) is 11.6. The van der Waals surface area contributed by atoms with Crippen molar-refractivity contribution in [2.45, 2.75) is 52.0 Å². The lowest BCUT2D eigenvalue weighted by atomic mass is 9.69. The first-order valence-corrected chi connectivity index (χ1v) is 7.12. The zero-order valence-electron chi connectivity index (χ0n) is 11.3. The molecule has 0 spiro atoms. The first-order valence-electron chi connectivity index (χ1n) is 7.12. The monoisotopic (exact) mass is 224 g/mol. The third-order valence-corrected chi connectivity index (χ3v) is 4.71. The lowest BCUT2D eigenvalue weighted by Crippen LogP contribution is -2.58. The van der Waals surface area contributed by atoms with Crippen molar-refractivity contribution in [1.82, 2.24) is 10.2 Å². The highest BCUT2D eigenvalue weighted by atomic mass is 15.2. The van der Waals surface area contributed by atoms with Gasteiger partial charge in [-0.2, -0.15) is 0 Å². The molecule has 94 valence electrons. The summed E-state index contributed by atoms with van der Waals surface area (Å²) in [6.07, 6.45) is 5.62. The molecule has 1 aliphatic carbocycles. The number of rotatable bonds is 2. The molecule has 2 unspecified atom stereocenters. The van der Waals surface area contributed by atoms with Crippen LogP contribution in [0.25, 0.3) is 0 Å². The summed E-state index contributed by atoms with van der Waals surface area (Å²) in [5.41, 5.74) is 0.527. The third kappa shape index (κ3) is 2.43. The third-order valence-electron chi connectivity index (χ3n) is 4.71. The van der Waals surface area contributed by atoms with Gasteiger partial charge in [0.2, 0.25) is 0 Å². The van der Waals surface area contributed by atoms with Crippen molar-refractivity contribution >= 4 is 0 Å². The van der Waals surface area contributed by atoms with E-state index in [0.717, 1.165) is 11.8 Å². The van der Waals surface area contributed by atoms with Crippen LogP contribution in [0.4, 0.5) is 0 Å². The van der Waals surface area contributed by atoms with Crippen LogP contribution in [0.3, 0.4) is 0 Å². The van der Waals surface area contributed by atoms with Crippen molar-refractivity contribution in [3.05, 3.63) is 0 Å². The van der Waals surface area contributed by atoms with Crippen molar-refractivity contribution in [1.29, 1.82) is 0 Å². The van der Waals surface area contributed by atoms with E-state index in [9.17, 15) is 0 Å². The van der Waals surface area contributed by atoms with Crippen molar-refractivity contribution < 1.29 is 0 Å². The highest BCUT2D eigenvalue weighted by Gasteiger charge is 2.41. The van der Waals surface area contributed by atoms with E-state index in [1.54, 1.807) is 0 Å². The molecule has 0 radical (unpaired) electrons. The molecule has 0 amide bonds. The van der Waals surface area contributed by atoms with E-state index in [1.165, 1.54) is 51.9 Å². The van der Waals surface area contributed by atoms with Crippen LogP contribution >= 0.6 is 0 Å². The van der Waals surface area contributed by atoms with Gasteiger partial charge in [-0.15, -0.1) is 0 Å². The van der Waals surface area contributed by atoms with E-state index in [1.807, 2.05) is 0 Å². The molecule has 1 aliphatic heterocycles. The van der Waals surface area contributed by atoms with E-state index in [4.69, 9.17) is 0 Å². The Morgan fingerprint density at radius 3 is 2.19 bits per heavy atom. The molecule has 2 aliphatic rings. The second-order valence-electron chi connectivity index (χ2n) is 6.17. The molecular weight excluding hydrogens is 196 g/mol. The number of hydrogen-bond acceptors (Lipinski definition) is 2. The van der Waals surface area contributed by atoms with Crippen LogP contribution < -0.4 is 5.32 Å².